The molecule has 1 aliphatic carbocycles. The summed E-state index contributed by atoms with van der Waals surface area (Å²) in [6.45, 7) is 0. The number of nitrogens with zero attached hydrogens (tertiary/aromatic N) is 3. The Morgan fingerprint density at radius 2 is 0.645 bits per heavy atom. The van der Waals surface area contributed by atoms with Gasteiger partial charge in [-0.05, 0) is 79.9 Å². The second-order valence-electron chi connectivity index (χ2n) is 15.9. The van der Waals surface area contributed by atoms with Crippen molar-refractivity contribution in [3.8, 4) is 90.2 Å². The molecule has 2 aliphatic rings. The maximum atomic E-state index is 6.84. The van der Waals surface area contributed by atoms with Gasteiger partial charge in [-0.3, -0.25) is 0 Å². The molecule has 2 heterocycles. The SMILES string of the molecule is c1ccc(-c2ccc(-c3cccc(-c4nc(-c5ccccc5)nc(-c5cccc(-c6ccc7c(c6)Oc6ccccc6C76c7ccccc7-c7ccccc76)c5)n4)c3)cc2)cc1. The fourth-order valence-corrected chi connectivity index (χ4v) is 9.55. The largest absolute Gasteiger partial charge is 0.457 e. The summed E-state index contributed by atoms with van der Waals surface area (Å²) in [5.41, 5.74) is 16.3. The predicted molar refractivity (Wildman–Crippen MR) is 250 cm³/mol. The van der Waals surface area contributed by atoms with Crippen molar-refractivity contribution in [3.63, 3.8) is 0 Å². The zero-order valence-electron chi connectivity index (χ0n) is 33.6. The van der Waals surface area contributed by atoms with Crippen LogP contribution >= 0.6 is 0 Å². The van der Waals surface area contributed by atoms with E-state index in [0.717, 1.165) is 61.6 Å². The van der Waals surface area contributed by atoms with Gasteiger partial charge in [0.25, 0.3) is 0 Å². The van der Waals surface area contributed by atoms with E-state index in [-0.39, 0.29) is 0 Å². The van der Waals surface area contributed by atoms with Gasteiger partial charge in [-0.15, -0.1) is 0 Å². The molecule has 1 aromatic heterocycles. The fourth-order valence-electron chi connectivity index (χ4n) is 9.55. The zero-order valence-corrected chi connectivity index (χ0v) is 33.6. The highest BCUT2D eigenvalue weighted by molar-refractivity contribution is 5.89. The van der Waals surface area contributed by atoms with Gasteiger partial charge < -0.3 is 4.74 Å². The van der Waals surface area contributed by atoms with E-state index in [4.69, 9.17) is 19.7 Å². The third kappa shape index (κ3) is 5.80. The summed E-state index contributed by atoms with van der Waals surface area (Å²) in [6, 6.07) is 79.1. The Hall–Kier alpha value is -8.21. The molecule has 9 aromatic carbocycles. The van der Waals surface area contributed by atoms with E-state index in [0.29, 0.717) is 17.5 Å². The van der Waals surface area contributed by atoms with Crippen LogP contribution in [0, 0.1) is 0 Å². The van der Waals surface area contributed by atoms with Crippen LogP contribution in [0.4, 0.5) is 0 Å². The van der Waals surface area contributed by atoms with E-state index in [1.54, 1.807) is 0 Å². The number of benzene rings is 9. The molecule has 4 nitrogen and oxygen atoms in total. The number of rotatable bonds is 6. The third-order valence-corrected chi connectivity index (χ3v) is 12.4. The summed E-state index contributed by atoms with van der Waals surface area (Å²) < 4.78 is 6.84. The van der Waals surface area contributed by atoms with E-state index >= 15 is 0 Å². The third-order valence-electron chi connectivity index (χ3n) is 12.4. The van der Waals surface area contributed by atoms with Crippen LogP contribution in [-0.2, 0) is 5.41 Å². The minimum absolute atomic E-state index is 0.504. The van der Waals surface area contributed by atoms with Gasteiger partial charge in [0.2, 0.25) is 0 Å². The lowest BCUT2D eigenvalue weighted by molar-refractivity contribution is 0.436. The Morgan fingerprint density at radius 3 is 1.26 bits per heavy atom. The molecule has 0 saturated heterocycles. The summed E-state index contributed by atoms with van der Waals surface area (Å²) in [7, 11) is 0. The molecule has 0 amide bonds. The molecule has 0 bridgehead atoms. The smallest absolute Gasteiger partial charge is 0.164 e. The van der Waals surface area contributed by atoms with Crippen LogP contribution in [0.25, 0.3) is 78.7 Å². The predicted octanol–water partition coefficient (Wildman–Crippen LogP) is 14.3. The first-order valence-electron chi connectivity index (χ1n) is 21.0. The number of hydrogen-bond acceptors (Lipinski definition) is 4. The molecule has 0 unspecified atom stereocenters. The monoisotopic (exact) mass is 791 g/mol. The molecule has 0 N–H and O–H groups in total. The minimum Gasteiger partial charge on any atom is -0.457 e. The van der Waals surface area contributed by atoms with Crippen molar-refractivity contribution < 1.29 is 4.74 Å². The standard InChI is InChI=1S/C58H37N3O/c1-3-15-38(16-4-1)39-29-31-40(32-30-39)42-19-13-21-45(35-42)56-59-55(41-17-5-2-6-18-41)60-57(61-56)46-22-14-20-43(36-46)44-33-34-52-54(37-44)62-53-28-12-11-27-51(53)58(52)49-25-9-7-23-47(49)48-24-8-10-26-50(48)58/h1-37H. The zero-order chi connectivity index (χ0) is 41.0. The first-order chi connectivity index (χ1) is 30.7. The Bertz CT molecular complexity index is 3280. The molecular formula is C58H37N3O. The van der Waals surface area contributed by atoms with Crippen molar-refractivity contribution in [1.82, 2.24) is 15.0 Å². The Balaban J connectivity index is 0.947. The number of fused-ring (bicyclic) bond motifs is 9. The van der Waals surface area contributed by atoms with Gasteiger partial charge in [0.05, 0.1) is 5.41 Å². The van der Waals surface area contributed by atoms with Crippen molar-refractivity contribution in [3.05, 3.63) is 247 Å². The summed E-state index contributed by atoms with van der Waals surface area (Å²) >= 11 is 0. The molecule has 4 heteroatoms. The molecule has 62 heavy (non-hydrogen) atoms. The average molecular weight is 792 g/mol. The van der Waals surface area contributed by atoms with Gasteiger partial charge >= 0.3 is 0 Å². The minimum atomic E-state index is -0.504. The molecule has 0 atom stereocenters. The maximum Gasteiger partial charge on any atom is 0.164 e. The second kappa shape index (κ2) is 14.5. The number of aromatic nitrogens is 3. The van der Waals surface area contributed by atoms with E-state index in [2.05, 4.69) is 188 Å². The molecule has 12 rings (SSSR count). The Morgan fingerprint density at radius 1 is 0.258 bits per heavy atom. The lowest BCUT2D eigenvalue weighted by atomic mass is 9.66. The molecule has 0 radical (unpaired) electrons. The molecule has 0 fully saturated rings. The van der Waals surface area contributed by atoms with Gasteiger partial charge in [0, 0.05) is 27.8 Å². The van der Waals surface area contributed by atoms with Crippen molar-refractivity contribution in [2.75, 3.05) is 0 Å². The van der Waals surface area contributed by atoms with Gasteiger partial charge in [-0.25, -0.2) is 15.0 Å². The van der Waals surface area contributed by atoms with Crippen LogP contribution < -0.4 is 4.74 Å². The molecular weight excluding hydrogens is 755 g/mol. The van der Waals surface area contributed by atoms with Crippen molar-refractivity contribution in [2.45, 2.75) is 5.41 Å². The normalized spacial score (nSPS) is 12.8. The summed E-state index contributed by atoms with van der Waals surface area (Å²) in [5.74, 6) is 3.56. The van der Waals surface area contributed by atoms with Crippen LogP contribution in [-0.4, -0.2) is 15.0 Å². The molecule has 1 aliphatic heterocycles. The lowest BCUT2D eigenvalue weighted by Gasteiger charge is -2.39. The average Bonchev–Trinajstić information content (AvgIpc) is 3.65. The first kappa shape index (κ1) is 35.7. The fraction of sp³-hybridized carbons (Fsp3) is 0.0172. The molecule has 0 saturated carbocycles. The molecule has 10 aromatic rings. The highest BCUT2D eigenvalue weighted by Gasteiger charge is 2.50. The van der Waals surface area contributed by atoms with Gasteiger partial charge in [0.1, 0.15) is 11.5 Å². The van der Waals surface area contributed by atoms with E-state index in [1.807, 2.05) is 36.4 Å². The number of para-hydroxylation sites is 1. The van der Waals surface area contributed by atoms with Crippen LogP contribution in [0.2, 0.25) is 0 Å². The summed E-state index contributed by atoms with van der Waals surface area (Å²) in [4.78, 5) is 15.3. The van der Waals surface area contributed by atoms with Gasteiger partial charge in [0.15, 0.2) is 17.5 Å². The Kier molecular flexibility index (Phi) is 8.36. The van der Waals surface area contributed by atoms with Crippen molar-refractivity contribution >= 4 is 0 Å². The van der Waals surface area contributed by atoms with E-state index in [1.165, 1.54) is 33.4 Å². The van der Waals surface area contributed by atoms with Crippen LogP contribution in [0.3, 0.4) is 0 Å². The highest BCUT2D eigenvalue weighted by Crippen LogP contribution is 2.62. The quantitative estimate of drug-likeness (QED) is 0.168. The van der Waals surface area contributed by atoms with Crippen molar-refractivity contribution in [1.29, 1.82) is 0 Å². The summed E-state index contributed by atoms with van der Waals surface area (Å²) in [5, 5.41) is 0. The van der Waals surface area contributed by atoms with Crippen LogP contribution in [0.5, 0.6) is 11.5 Å². The highest BCUT2D eigenvalue weighted by atomic mass is 16.5. The van der Waals surface area contributed by atoms with Crippen LogP contribution in [0.1, 0.15) is 22.3 Å². The molecule has 1 spiro atoms. The van der Waals surface area contributed by atoms with Crippen LogP contribution in [0.15, 0.2) is 224 Å². The van der Waals surface area contributed by atoms with Crippen molar-refractivity contribution in [2.24, 2.45) is 0 Å². The topological polar surface area (TPSA) is 47.9 Å². The number of ether oxygens (including phenoxy) is 1. The Labute approximate surface area is 360 Å². The van der Waals surface area contributed by atoms with Gasteiger partial charge in [-0.1, -0.05) is 200 Å². The maximum absolute atomic E-state index is 6.84. The lowest BCUT2D eigenvalue weighted by Crippen LogP contribution is -2.32. The second-order valence-corrected chi connectivity index (χ2v) is 15.9. The molecule has 290 valence electrons. The van der Waals surface area contributed by atoms with E-state index < -0.39 is 5.41 Å². The van der Waals surface area contributed by atoms with Gasteiger partial charge in [-0.2, -0.15) is 0 Å². The summed E-state index contributed by atoms with van der Waals surface area (Å²) in [6.07, 6.45) is 0. The van der Waals surface area contributed by atoms with E-state index in [9.17, 15) is 0 Å². The number of hydrogen-bond donors (Lipinski definition) is 0. The first-order valence-corrected chi connectivity index (χ1v) is 21.0.